The molecule has 2 bridgehead atoms. The van der Waals surface area contributed by atoms with Crippen LogP contribution in [0.25, 0.3) is 0 Å². The summed E-state index contributed by atoms with van der Waals surface area (Å²) in [5.74, 6) is 0.537. The molecule has 3 aliphatic heterocycles. The molecule has 0 radical (unpaired) electrons. The number of fused-ring (bicyclic) bond motifs is 2. The van der Waals surface area contributed by atoms with Gasteiger partial charge in [-0.25, -0.2) is 0 Å². The number of carbonyl (C=O) groups is 2. The summed E-state index contributed by atoms with van der Waals surface area (Å²) in [4.78, 5) is 25.5. The summed E-state index contributed by atoms with van der Waals surface area (Å²) in [6.45, 7) is 2.14. The van der Waals surface area contributed by atoms with Crippen LogP contribution in [0, 0.1) is 11.8 Å². The fourth-order valence-corrected chi connectivity index (χ4v) is 4.53. The largest absolute Gasteiger partial charge is 0.481 e. The van der Waals surface area contributed by atoms with Gasteiger partial charge in [0.25, 0.3) is 0 Å². The molecule has 3 atom stereocenters. The number of carboxylic acids is 1. The van der Waals surface area contributed by atoms with Crippen molar-refractivity contribution in [1.82, 2.24) is 10.2 Å². The molecular formula is C16H26N2O3. The molecule has 3 rings (SSSR count). The third-order valence-corrected chi connectivity index (χ3v) is 5.51. The molecule has 3 unspecified atom stereocenters. The van der Waals surface area contributed by atoms with Gasteiger partial charge in [0, 0.05) is 24.9 Å². The Morgan fingerprint density at radius 3 is 2.38 bits per heavy atom. The van der Waals surface area contributed by atoms with E-state index in [1.165, 1.54) is 6.42 Å². The van der Waals surface area contributed by atoms with E-state index in [1.807, 2.05) is 0 Å². The second-order valence-corrected chi connectivity index (χ2v) is 7.02. The van der Waals surface area contributed by atoms with Crippen molar-refractivity contribution < 1.29 is 14.7 Å². The van der Waals surface area contributed by atoms with E-state index in [-0.39, 0.29) is 12.3 Å². The first-order valence-electron chi connectivity index (χ1n) is 8.37. The predicted molar refractivity (Wildman–Crippen MR) is 78.8 cm³/mol. The maximum absolute atomic E-state index is 12.5. The zero-order valence-electron chi connectivity index (χ0n) is 12.6. The Kier molecular flexibility index (Phi) is 4.48. The Labute approximate surface area is 126 Å². The van der Waals surface area contributed by atoms with Crippen LogP contribution in [-0.4, -0.2) is 47.1 Å². The Morgan fingerprint density at radius 1 is 1.10 bits per heavy atom. The summed E-state index contributed by atoms with van der Waals surface area (Å²) in [6.07, 6.45) is 7.04. The second-order valence-electron chi connectivity index (χ2n) is 7.02. The van der Waals surface area contributed by atoms with Crippen LogP contribution < -0.4 is 5.32 Å². The van der Waals surface area contributed by atoms with Crippen LogP contribution in [0.3, 0.4) is 0 Å². The van der Waals surface area contributed by atoms with Crippen LogP contribution in [0.5, 0.6) is 0 Å². The van der Waals surface area contributed by atoms with Crippen LogP contribution in [0.4, 0.5) is 0 Å². The van der Waals surface area contributed by atoms with E-state index >= 15 is 0 Å². The lowest BCUT2D eigenvalue weighted by molar-refractivity contribution is -0.140. The molecule has 3 fully saturated rings. The minimum atomic E-state index is -0.701. The molecule has 3 heterocycles. The summed E-state index contributed by atoms with van der Waals surface area (Å²) in [7, 11) is 0. The second kappa shape index (κ2) is 6.34. The number of carbonyl (C=O) groups excluding carboxylic acids is 1. The number of nitrogens with one attached hydrogen (secondary N) is 1. The molecule has 5 heteroatoms. The Balaban J connectivity index is 1.52. The smallest absolute Gasteiger partial charge is 0.303 e. The van der Waals surface area contributed by atoms with Gasteiger partial charge in [-0.3, -0.25) is 9.59 Å². The highest BCUT2D eigenvalue weighted by atomic mass is 16.4. The number of nitrogens with zero attached hydrogens (tertiary/aromatic N) is 1. The number of hydrogen-bond acceptors (Lipinski definition) is 3. The summed E-state index contributed by atoms with van der Waals surface area (Å²) < 4.78 is 0. The first-order valence-corrected chi connectivity index (χ1v) is 8.37. The minimum absolute atomic E-state index is 0.267. The van der Waals surface area contributed by atoms with E-state index in [0.717, 1.165) is 45.2 Å². The molecule has 0 spiro atoms. The van der Waals surface area contributed by atoms with E-state index in [1.54, 1.807) is 0 Å². The molecule has 118 valence electrons. The van der Waals surface area contributed by atoms with Crippen LogP contribution in [0.15, 0.2) is 0 Å². The third kappa shape index (κ3) is 3.39. The van der Waals surface area contributed by atoms with E-state index < -0.39 is 5.97 Å². The standard InChI is InChI=1S/C16H26N2O3/c19-15(4-1-11-5-6-17-10-11)18-13-2-3-14(18)8-12(7-13)9-16(20)21/h11-14,17H,1-10H2,(H,20,21). The summed E-state index contributed by atoms with van der Waals surface area (Å²) in [5, 5.41) is 12.3. The number of hydrogen-bond donors (Lipinski definition) is 2. The van der Waals surface area contributed by atoms with Crippen molar-refractivity contribution in [2.24, 2.45) is 11.8 Å². The molecule has 0 aromatic rings. The number of piperidine rings is 1. The van der Waals surface area contributed by atoms with Gasteiger partial charge in [0.05, 0.1) is 0 Å². The van der Waals surface area contributed by atoms with Crippen LogP contribution in [0.2, 0.25) is 0 Å². The van der Waals surface area contributed by atoms with E-state index in [2.05, 4.69) is 10.2 Å². The van der Waals surface area contributed by atoms with Crippen molar-refractivity contribution in [3.8, 4) is 0 Å². The van der Waals surface area contributed by atoms with Crippen molar-refractivity contribution in [3.05, 3.63) is 0 Å². The van der Waals surface area contributed by atoms with Gasteiger partial charge in [-0.2, -0.15) is 0 Å². The van der Waals surface area contributed by atoms with E-state index in [9.17, 15) is 9.59 Å². The minimum Gasteiger partial charge on any atom is -0.481 e. The summed E-state index contributed by atoms with van der Waals surface area (Å²) in [6, 6.07) is 0.615. The highest BCUT2D eigenvalue weighted by Crippen LogP contribution is 2.40. The van der Waals surface area contributed by atoms with E-state index in [4.69, 9.17) is 5.11 Å². The van der Waals surface area contributed by atoms with E-state index in [0.29, 0.717) is 30.3 Å². The average Bonchev–Trinajstić information content (AvgIpc) is 3.02. The van der Waals surface area contributed by atoms with Gasteiger partial charge in [-0.15, -0.1) is 0 Å². The normalized spacial score (nSPS) is 35.1. The molecule has 0 aromatic heterocycles. The van der Waals surface area contributed by atoms with Crippen LogP contribution in [0.1, 0.15) is 51.4 Å². The molecule has 1 amide bonds. The lowest BCUT2D eigenvalue weighted by Crippen LogP contribution is -2.46. The van der Waals surface area contributed by atoms with Gasteiger partial charge >= 0.3 is 5.97 Å². The SMILES string of the molecule is O=C(O)CC1CC2CCC(C1)N2C(=O)CCC1CCNC1. The summed E-state index contributed by atoms with van der Waals surface area (Å²) in [5.41, 5.74) is 0. The molecule has 21 heavy (non-hydrogen) atoms. The molecule has 5 nitrogen and oxygen atoms in total. The first-order chi connectivity index (χ1) is 10.1. The molecule has 3 saturated heterocycles. The zero-order valence-corrected chi connectivity index (χ0v) is 12.6. The molecule has 3 aliphatic rings. The lowest BCUT2D eigenvalue weighted by atomic mass is 9.87. The van der Waals surface area contributed by atoms with Crippen LogP contribution in [-0.2, 0) is 9.59 Å². The molecule has 0 aromatic carbocycles. The highest BCUT2D eigenvalue weighted by Gasteiger charge is 2.43. The molecule has 2 N–H and O–H groups in total. The monoisotopic (exact) mass is 294 g/mol. The van der Waals surface area contributed by atoms with Crippen molar-refractivity contribution in [3.63, 3.8) is 0 Å². The Morgan fingerprint density at radius 2 is 1.81 bits per heavy atom. The first kappa shape index (κ1) is 14.8. The highest BCUT2D eigenvalue weighted by molar-refractivity contribution is 5.77. The summed E-state index contributed by atoms with van der Waals surface area (Å²) >= 11 is 0. The van der Waals surface area contributed by atoms with Crippen molar-refractivity contribution in [2.45, 2.75) is 63.5 Å². The van der Waals surface area contributed by atoms with Crippen LogP contribution >= 0.6 is 0 Å². The maximum atomic E-state index is 12.5. The number of carboxylic acid groups (broad SMARTS) is 1. The topological polar surface area (TPSA) is 69.6 Å². The molecular weight excluding hydrogens is 268 g/mol. The zero-order chi connectivity index (χ0) is 14.8. The molecule has 0 aliphatic carbocycles. The quantitative estimate of drug-likeness (QED) is 0.808. The van der Waals surface area contributed by atoms with Gasteiger partial charge in [0.1, 0.15) is 0 Å². The fraction of sp³-hybridized carbons (Fsp3) is 0.875. The van der Waals surface area contributed by atoms with Crippen molar-refractivity contribution in [1.29, 1.82) is 0 Å². The lowest BCUT2D eigenvalue weighted by Gasteiger charge is -2.39. The fourth-order valence-electron chi connectivity index (χ4n) is 4.53. The average molecular weight is 294 g/mol. The Hall–Kier alpha value is -1.10. The van der Waals surface area contributed by atoms with Gasteiger partial charge in [-0.05, 0) is 63.5 Å². The number of amides is 1. The van der Waals surface area contributed by atoms with Gasteiger partial charge in [-0.1, -0.05) is 0 Å². The predicted octanol–water partition coefficient (Wildman–Crippen LogP) is 1.62. The number of rotatable bonds is 5. The Bertz CT molecular complexity index is 392. The van der Waals surface area contributed by atoms with Gasteiger partial charge < -0.3 is 15.3 Å². The van der Waals surface area contributed by atoms with Gasteiger partial charge in [0.2, 0.25) is 5.91 Å². The van der Waals surface area contributed by atoms with Crippen molar-refractivity contribution in [2.75, 3.05) is 13.1 Å². The maximum Gasteiger partial charge on any atom is 0.303 e. The third-order valence-electron chi connectivity index (χ3n) is 5.51. The van der Waals surface area contributed by atoms with Crippen molar-refractivity contribution >= 4 is 11.9 Å². The molecule has 0 saturated carbocycles. The van der Waals surface area contributed by atoms with Gasteiger partial charge in [0.15, 0.2) is 0 Å². The number of aliphatic carboxylic acids is 1.